The van der Waals surface area contributed by atoms with Crippen molar-refractivity contribution in [3.63, 3.8) is 0 Å². The molecule has 2 aromatic rings. The topological polar surface area (TPSA) is 36.3 Å². The molecule has 112 valence electrons. The summed E-state index contributed by atoms with van der Waals surface area (Å²) in [6.45, 7) is 4.52. The monoisotopic (exact) mass is 292 g/mol. The van der Waals surface area contributed by atoms with Gasteiger partial charge in [-0.3, -0.25) is 4.90 Å². The molecule has 1 aliphatic heterocycles. The lowest BCUT2D eigenvalue weighted by Crippen LogP contribution is -2.35. The molecule has 0 spiro atoms. The first-order valence-electron chi connectivity index (χ1n) is 7.72. The van der Waals surface area contributed by atoms with Gasteiger partial charge in [-0.2, -0.15) is 5.26 Å². The highest BCUT2D eigenvalue weighted by molar-refractivity contribution is 5.71. The highest BCUT2D eigenvalue weighted by atomic mass is 16.5. The fourth-order valence-corrected chi connectivity index (χ4v) is 2.94. The second-order valence-corrected chi connectivity index (χ2v) is 5.54. The first kappa shape index (κ1) is 14.8. The van der Waals surface area contributed by atoms with E-state index >= 15 is 0 Å². The molecule has 0 radical (unpaired) electrons. The van der Waals surface area contributed by atoms with Gasteiger partial charge >= 0.3 is 0 Å². The average molecular weight is 292 g/mol. The number of nitrogens with zero attached hydrogens (tertiary/aromatic N) is 2. The van der Waals surface area contributed by atoms with Crippen molar-refractivity contribution in [1.29, 1.82) is 5.26 Å². The molecule has 0 aromatic heterocycles. The molecule has 22 heavy (non-hydrogen) atoms. The largest absolute Gasteiger partial charge is 0.379 e. The predicted molar refractivity (Wildman–Crippen MR) is 87.3 cm³/mol. The molecule has 0 saturated carbocycles. The molecular formula is C19H20N2O. The summed E-state index contributed by atoms with van der Waals surface area (Å²) in [5, 5.41) is 9.05. The van der Waals surface area contributed by atoms with Crippen molar-refractivity contribution in [3.8, 4) is 17.2 Å². The Morgan fingerprint density at radius 2 is 1.50 bits per heavy atom. The molecule has 0 N–H and O–H groups in total. The zero-order valence-electron chi connectivity index (χ0n) is 12.7. The second kappa shape index (κ2) is 7.22. The van der Waals surface area contributed by atoms with Gasteiger partial charge in [0, 0.05) is 19.6 Å². The van der Waals surface area contributed by atoms with Gasteiger partial charge in [0.15, 0.2) is 0 Å². The molecule has 0 aliphatic carbocycles. The smallest absolute Gasteiger partial charge is 0.0669 e. The molecule has 0 unspecified atom stereocenters. The normalized spacial score (nSPS) is 15.4. The number of hydrogen-bond acceptors (Lipinski definition) is 3. The van der Waals surface area contributed by atoms with Crippen LogP contribution in [-0.4, -0.2) is 31.2 Å². The summed E-state index contributed by atoms with van der Waals surface area (Å²) in [7, 11) is 0. The minimum atomic E-state index is 0.446. The highest BCUT2D eigenvalue weighted by Crippen LogP contribution is 2.28. The fraction of sp³-hybridized carbons (Fsp3) is 0.316. The zero-order chi connectivity index (χ0) is 15.2. The summed E-state index contributed by atoms with van der Waals surface area (Å²) in [4.78, 5) is 2.43. The third-order valence-electron chi connectivity index (χ3n) is 4.09. The first-order valence-corrected chi connectivity index (χ1v) is 7.72. The van der Waals surface area contributed by atoms with Gasteiger partial charge in [0.05, 0.1) is 25.7 Å². The van der Waals surface area contributed by atoms with Crippen LogP contribution in [0.4, 0.5) is 0 Å². The van der Waals surface area contributed by atoms with Crippen molar-refractivity contribution >= 4 is 0 Å². The van der Waals surface area contributed by atoms with Crippen LogP contribution in [0.3, 0.4) is 0 Å². The van der Waals surface area contributed by atoms with E-state index in [4.69, 9.17) is 10.00 Å². The van der Waals surface area contributed by atoms with Gasteiger partial charge in [0.2, 0.25) is 0 Å². The quantitative estimate of drug-likeness (QED) is 0.868. The fourth-order valence-electron chi connectivity index (χ4n) is 2.94. The number of ether oxygens (including phenoxy) is 1. The molecule has 1 heterocycles. The summed E-state index contributed by atoms with van der Waals surface area (Å²) in [6.07, 6.45) is 0.446. The molecule has 0 atom stereocenters. The van der Waals surface area contributed by atoms with E-state index in [1.54, 1.807) is 0 Å². The van der Waals surface area contributed by atoms with Crippen LogP contribution in [0.1, 0.15) is 11.1 Å². The van der Waals surface area contributed by atoms with Gasteiger partial charge in [-0.1, -0.05) is 48.5 Å². The van der Waals surface area contributed by atoms with Crippen LogP contribution in [0.15, 0.2) is 48.5 Å². The molecule has 0 amide bonds. The number of nitriles is 1. The zero-order valence-corrected chi connectivity index (χ0v) is 12.7. The Morgan fingerprint density at radius 1 is 0.909 bits per heavy atom. The molecular weight excluding hydrogens is 272 g/mol. The maximum absolute atomic E-state index is 9.05. The lowest BCUT2D eigenvalue weighted by Gasteiger charge is -2.27. The number of hydrogen-bond donors (Lipinski definition) is 0. The van der Waals surface area contributed by atoms with Gasteiger partial charge in [-0.25, -0.2) is 0 Å². The number of rotatable bonds is 4. The van der Waals surface area contributed by atoms with Gasteiger partial charge < -0.3 is 4.74 Å². The first-order chi connectivity index (χ1) is 10.9. The van der Waals surface area contributed by atoms with Gasteiger partial charge in [0.1, 0.15) is 0 Å². The van der Waals surface area contributed by atoms with Crippen molar-refractivity contribution in [1.82, 2.24) is 4.90 Å². The lowest BCUT2D eigenvalue weighted by molar-refractivity contribution is 0.0342. The molecule has 3 rings (SSSR count). The Balaban J connectivity index is 1.92. The van der Waals surface area contributed by atoms with E-state index in [2.05, 4.69) is 41.3 Å². The van der Waals surface area contributed by atoms with Crippen LogP contribution in [0.2, 0.25) is 0 Å². The van der Waals surface area contributed by atoms with Gasteiger partial charge in [-0.15, -0.1) is 0 Å². The Morgan fingerprint density at radius 3 is 2.18 bits per heavy atom. The SMILES string of the molecule is N#CCc1ccccc1-c1ccccc1CN1CCOCC1. The van der Waals surface area contributed by atoms with E-state index < -0.39 is 0 Å². The summed E-state index contributed by atoms with van der Waals surface area (Å²) in [6, 6.07) is 19.0. The van der Waals surface area contributed by atoms with E-state index in [0.29, 0.717) is 6.42 Å². The number of benzene rings is 2. The standard InChI is InChI=1S/C19H20N2O/c20-10-9-16-5-1-3-7-18(16)19-8-4-2-6-17(19)15-21-11-13-22-14-12-21/h1-8H,9,11-15H2. The molecule has 1 saturated heterocycles. The Kier molecular flexibility index (Phi) is 4.85. The van der Waals surface area contributed by atoms with Crippen LogP contribution >= 0.6 is 0 Å². The Hall–Kier alpha value is -2.15. The van der Waals surface area contributed by atoms with E-state index in [1.807, 2.05) is 18.2 Å². The van der Waals surface area contributed by atoms with Crippen LogP contribution in [0, 0.1) is 11.3 Å². The van der Waals surface area contributed by atoms with Crippen LogP contribution < -0.4 is 0 Å². The van der Waals surface area contributed by atoms with Crippen LogP contribution in [-0.2, 0) is 17.7 Å². The summed E-state index contributed by atoms with van der Waals surface area (Å²) in [5.41, 5.74) is 4.82. The van der Waals surface area contributed by atoms with Crippen molar-refractivity contribution < 1.29 is 4.74 Å². The predicted octanol–water partition coefficient (Wildman–Crippen LogP) is 3.25. The van der Waals surface area contributed by atoms with Crippen molar-refractivity contribution in [2.75, 3.05) is 26.3 Å². The third-order valence-corrected chi connectivity index (χ3v) is 4.09. The molecule has 0 bridgehead atoms. The van der Waals surface area contributed by atoms with E-state index in [0.717, 1.165) is 38.4 Å². The van der Waals surface area contributed by atoms with Gasteiger partial charge in [0.25, 0.3) is 0 Å². The van der Waals surface area contributed by atoms with Crippen molar-refractivity contribution in [2.24, 2.45) is 0 Å². The summed E-state index contributed by atoms with van der Waals surface area (Å²) >= 11 is 0. The maximum Gasteiger partial charge on any atom is 0.0669 e. The molecule has 3 nitrogen and oxygen atoms in total. The molecule has 3 heteroatoms. The summed E-state index contributed by atoms with van der Waals surface area (Å²) < 4.78 is 5.43. The van der Waals surface area contributed by atoms with E-state index in [9.17, 15) is 0 Å². The average Bonchev–Trinajstić information content (AvgIpc) is 2.57. The Labute approximate surface area is 131 Å². The summed E-state index contributed by atoms with van der Waals surface area (Å²) in [5.74, 6) is 0. The third kappa shape index (κ3) is 3.36. The van der Waals surface area contributed by atoms with Gasteiger partial charge in [-0.05, 0) is 22.3 Å². The molecule has 1 fully saturated rings. The van der Waals surface area contributed by atoms with E-state index in [-0.39, 0.29) is 0 Å². The van der Waals surface area contributed by atoms with Crippen molar-refractivity contribution in [3.05, 3.63) is 59.7 Å². The minimum absolute atomic E-state index is 0.446. The second-order valence-electron chi connectivity index (χ2n) is 5.54. The Bertz CT molecular complexity index is 669. The lowest BCUT2D eigenvalue weighted by atomic mass is 9.94. The van der Waals surface area contributed by atoms with E-state index in [1.165, 1.54) is 16.7 Å². The molecule has 2 aromatic carbocycles. The van der Waals surface area contributed by atoms with Crippen LogP contribution in [0.25, 0.3) is 11.1 Å². The maximum atomic E-state index is 9.05. The van der Waals surface area contributed by atoms with Crippen molar-refractivity contribution in [2.45, 2.75) is 13.0 Å². The number of morpholine rings is 1. The molecule has 1 aliphatic rings. The highest BCUT2D eigenvalue weighted by Gasteiger charge is 2.14. The minimum Gasteiger partial charge on any atom is -0.379 e. The van der Waals surface area contributed by atoms with Crippen LogP contribution in [0.5, 0.6) is 0 Å².